The van der Waals surface area contributed by atoms with E-state index in [2.05, 4.69) is 6.92 Å². The highest BCUT2D eigenvalue weighted by atomic mass is 16.3. The molecule has 4 nitrogen and oxygen atoms in total. The highest BCUT2D eigenvalue weighted by Gasteiger charge is 2.24. The van der Waals surface area contributed by atoms with Gasteiger partial charge in [0, 0.05) is 0 Å². The van der Waals surface area contributed by atoms with Gasteiger partial charge in [0.1, 0.15) is 0 Å². The molecule has 4 heteroatoms. The van der Waals surface area contributed by atoms with E-state index in [9.17, 15) is 0 Å². The average molecular weight is 177 g/mol. The third kappa shape index (κ3) is 5.49. The van der Waals surface area contributed by atoms with Crippen LogP contribution in [0.4, 0.5) is 0 Å². The van der Waals surface area contributed by atoms with Crippen molar-refractivity contribution in [3.05, 3.63) is 0 Å². The van der Waals surface area contributed by atoms with Crippen molar-refractivity contribution in [3.63, 3.8) is 0 Å². The van der Waals surface area contributed by atoms with E-state index in [4.69, 9.17) is 16.6 Å². The van der Waals surface area contributed by atoms with Crippen molar-refractivity contribution in [3.8, 4) is 0 Å². The first-order chi connectivity index (χ1) is 5.00. The van der Waals surface area contributed by atoms with Gasteiger partial charge >= 0.3 is 0 Å². The summed E-state index contributed by atoms with van der Waals surface area (Å²) in [5, 5.41) is 9.13. The summed E-state index contributed by atoms with van der Waals surface area (Å²) in [4.78, 5) is 0. The first kappa shape index (κ1) is 14.4. The average Bonchev–Trinajstić information content (AvgIpc) is 1.88. The molecule has 0 aromatic carbocycles. The molecule has 8 N–H and O–H groups in total. The van der Waals surface area contributed by atoms with Crippen molar-refractivity contribution >= 4 is 0 Å². The maximum atomic E-state index is 9.13. The van der Waals surface area contributed by atoms with Crippen LogP contribution in [-0.4, -0.2) is 16.9 Å². The van der Waals surface area contributed by atoms with Gasteiger partial charge in [0.05, 0.1) is 11.8 Å². The number of aliphatic hydroxyl groups excluding tert-OH is 1. The van der Waals surface area contributed by atoms with Crippen molar-refractivity contribution in [1.29, 1.82) is 0 Å². The molecule has 0 aromatic rings. The predicted octanol–water partition coefficient (Wildman–Crippen LogP) is 0.723. The van der Waals surface area contributed by atoms with Gasteiger partial charge in [0.2, 0.25) is 0 Å². The van der Waals surface area contributed by atoms with E-state index in [0.717, 1.165) is 19.3 Å². The Morgan fingerprint density at radius 2 is 1.83 bits per heavy atom. The van der Waals surface area contributed by atoms with Gasteiger partial charge in [-0.3, -0.25) is 0 Å². The molecule has 76 valence electrons. The van der Waals surface area contributed by atoms with Gasteiger partial charge in [-0.15, -0.1) is 0 Å². The Hall–Kier alpha value is -0.160. The number of hydrogen-bond donors (Lipinski definition) is 4. The van der Waals surface area contributed by atoms with Crippen LogP contribution < -0.4 is 17.6 Å². The molecular formula is C8H23N3O. The molecule has 0 heterocycles. The van der Waals surface area contributed by atoms with Crippen LogP contribution in [-0.2, 0) is 0 Å². The summed E-state index contributed by atoms with van der Waals surface area (Å²) >= 11 is 0. The first-order valence-electron chi connectivity index (χ1n) is 4.26. The zero-order valence-electron chi connectivity index (χ0n) is 8.21. The fourth-order valence-electron chi connectivity index (χ4n) is 0.890. The summed E-state index contributed by atoms with van der Waals surface area (Å²) in [5.74, 6) is 0. The summed E-state index contributed by atoms with van der Waals surface area (Å²) in [6.45, 7) is 3.75. The second kappa shape index (κ2) is 6.37. The van der Waals surface area contributed by atoms with Crippen LogP contribution in [0.25, 0.3) is 0 Å². The Morgan fingerprint density at radius 1 is 1.33 bits per heavy atom. The molecule has 0 bridgehead atoms. The van der Waals surface area contributed by atoms with Gasteiger partial charge in [-0.2, -0.15) is 0 Å². The molecule has 0 radical (unpaired) electrons. The normalized spacial score (nSPS) is 13.8. The SMILES string of the molecule is CCCCCC(N)(N)C(C)O.N. The number of aliphatic hydroxyl groups is 1. The van der Waals surface area contributed by atoms with Gasteiger partial charge < -0.3 is 22.7 Å². The molecule has 0 rings (SSSR count). The van der Waals surface area contributed by atoms with Gasteiger partial charge in [0.15, 0.2) is 0 Å². The third-order valence-electron chi connectivity index (χ3n) is 1.99. The lowest BCUT2D eigenvalue weighted by molar-refractivity contribution is 0.0961. The Bertz CT molecular complexity index is 104. The van der Waals surface area contributed by atoms with Gasteiger partial charge in [-0.05, 0) is 13.3 Å². The number of nitrogens with two attached hydrogens (primary N) is 2. The monoisotopic (exact) mass is 177 g/mol. The molecule has 0 aliphatic rings. The van der Waals surface area contributed by atoms with Crippen LogP contribution in [0.5, 0.6) is 0 Å². The van der Waals surface area contributed by atoms with E-state index in [1.807, 2.05) is 0 Å². The van der Waals surface area contributed by atoms with Gasteiger partial charge in [0.25, 0.3) is 0 Å². The predicted molar refractivity (Wildman–Crippen MR) is 52.0 cm³/mol. The van der Waals surface area contributed by atoms with E-state index < -0.39 is 11.8 Å². The van der Waals surface area contributed by atoms with Crippen molar-refractivity contribution in [2.75, 3.05) is 0 Å². The highest BCUT2D eigenvalue weighted by Crippen LogP contribution is 2.10. The second-order valence-corrected chi connectivity index (χ2v) is 3.25. The number of hydrogen-bond acceptors (Lipinski definition) is 4. The van der Waals surface area contributed by atoms with Crippen LogP contribution >= 0.6 is 0 Å². The van der Waals surface area contributed by atoms with Crippen LogP contribution in [0, 0.1) is 0 Å². The van der Waals surface area contributed by atoms with E-state index in [1.54, 1.807) is 6.92 Å². The largest absolute Gasteiger partial charge is 0.390 e. The highest BCUT2D eigenvalue weighted by molar-refractivity contribution is 4.81. The quantitative estimate of drug-likeness (QED) is 0.366. The molecule has 0 spiro atoms. The molecule has 0 fully saturated rings. The van der Waals surface area contributed by atoms with Crippen LogP contribution in [0.2, 0.25) is 0 Å². The summed E-state index contributed by atoms with van der Waals surface area (Å²) < 4.78 is 0. The van der Waals surface area contributed by atoms with Crippen molar-refractivity contribution in [1.82, 2.24) is 6.15 Å². The van der Waals surface area contributed by atoms with Gasteiger partial charge in [-0.25, -0.2) is 0 Å². The molecule has 12 heavy (non-hydrogen) atoms. The molecule has 0 aliphatic heterocycles. The number of rotatable bonds is 5. The summed E-state index contributed by atoms with van der Waals surface area (Å²) in [6, 6.07) is 0. The Morgan fingerprint density at radius 3 is 2.17 bits per heavy atom. The lowest BCUT2D eigenvalue weighted by Gasteiger charge is -2.27. The second-order valence-electron chi connectivity index (χ2n) is 3.25. The van der Waals surface area contributed by atoms with E-state index in [-0.39, 0.29) is 6.15 Å². The van der Waals surface area contributed by atoms with Crippen LogP contribution in [0.1, 0.15) is 39.5 Å². The molecule has 1 unspecified atom stereocenters. The third-order valence-corrected chi connectivity index (χ3v) is 1.99. The maximum Gasteiger partial charge on any atom is 0.0900 e. The minimum absolute atomic E-state index is 0. The zero-order chi connectivity index (χ0) is 8.91. The Balaban J connectivity index is 0. The fraction of sp³-hybridized carbons (Fsp3) is 1.00. The Kier molecular flexibility index (Phi) is 7.62. The molecule has 0 aromatic heterocycles. The first-order valence-corrected chi connectivity index (χ1v) is 4.26. The van der Waals surface area contributed by atoms with E-state index in [1.165, 1.54) is 0 Å². The summed E-state index contributed by atoms with van der Waals surface area (Å²) in [7, 11) is 0. The smallest absolute Gasteiger partial charge is 0.0900 e. The summed E-state index contributed by atoms with van der Waals surface area (Å²) in [5.41, 5.74) is 10.4. The molecule has 0 amide bonds. The topological polar surface area (TPSA) is 107 Å². The van der Waals surface area contributed by atoms with Crippen molar-refractivity contribution in [2.24, 2.45) is 11.5 Å². The Labute approximate surface area is 74.9 Å². The van der Waals surface area contributed by atoms with E-state index in [0.29, 0.717) is 6.42 Å². The lowest BCUT2D eigenvalue weighted by Crippen LogP contribution is -2.57. The maximum absolute atomic E-state index is 9.13. The van der Waals surface area contributed by atoms with Crippen LogP contribution in [0.3, 0.4) is 0 Å². The van der Waals surface area contributed by atoms with Gasteiger partial charge in [-0.1, -0.05) is 26.2 Å². The summed E-state index contributed by atoms with van der Waals surface area (Å²) in [6.07, 6.45) is 3.34. The minimum Gasteiger partial charge on any atom is -0.390 e. The van der Waals surface area contributed by atoms with Crippen molar-refractivity contribution in [2.45, 2.75) is 51.3 Å². The molecule has 0 aliphatic carbocycles. The molecule has 1 atom stereocenters. The van der Waals surface area contributed by atoms with E-state index >= 15 is 0 Å². The lowest BCUT2D eigenvalue weighted by atomic mass is 9.99. The minimum atomic E-state index is -0.894. The molecule has 0 saturated heterocycles. The molecular weight excluding hydrogens is 154 g/mol. The number of unbranched alkanes of at least 4 members (excludes halogenated alkanes) is 2. The fourth-order valence-corrected chi connectivity index (χ4v) is 0.890. The van der Waals surface area contributed by atoms with Crippen molar-refractivity contribution < 1.29 is 5.11 Å². The zero-order valence-corrected chi connectivity index (χ0v) is 8.21. The standard InChI is InChI=1S/C8H20N2O.H3N/c1-3-4-5-6-8(9,10)7(2)11;/h7,11H,3-6,9-10H2,1-2H3;1H3. The van der Waals surface area contributed by atoms with Crippen LogP contribution in [0.15, 0.2) is 0 Å². The molecule has 0 saturated carbocycles.